The SMILES string of the molecule is COc1ccc(Br)c(C(=O)Nc2cc(C(=O)NCC(C)C)ccc2N2C[C@H]3C[C@@H](C2)c2cccc(=O)n2C3)c1. The highest BCUT2D eigenvalue weighted by atomic mass is 79.9. The fourth-order valence-corrected chi connectivity index (χ4v) is 5.97. The van der Waals surface area contributed by atoms with Gasteiger partial charge in [-0.25, -0.2) is 0 Å². The Hall–Kier alpha value is -3.59. The van der Waals surface area contributed by atoms with Crippen LogP contribution in [0.2, 0.25) is 0 Å². The molecule has 2 aliphatic heterocycles. The summed E-state index contributed by atoms with van der Waals surface area (Å²) in [6, 6.07) is 16.2. The Morgan fingerprint density at radius 3 is 2.64 bits per heavy atom. The van der Waals surface area contributed by atoms with Crippen LogP contribution in [-0.2, 0) is 6.54 Å². The van der Waals surface area contributed by atoms with Crippen molar-refractivity contribution in [3.63, 3.8) is 0 Å². The molecule has 204 valence electrons. The lowest BCUT2D eigenvalue weighted by Crippen LogP contribution is -2.47. The lowest BCUT2D eigenvalue weighted by Gasteiger charge is -2.44. The van der Waals surface area contributed by atoms with Gasteiger partial charge in [0.25, 0.3) is 17.4 Å². The van der Waals surface area contributed by atoms with Crippen LogP contribution >= 0.6 is 15.9 Å². The summed E-state index contributed by atoms with van der Waals surface area (Å²) in [5, 5.41) is 6.03. The maximum atomic E-state index is 13.5. The van der Waals surface area contributed by atoms with Gasteiger partial charge < -0.3 is 24.8 Å². The summed E-state index contributed by atoms with van der Waals surface area (Å²) in [6.45, 7) is 6.79. The number of carbonyl (C=O) groups excluding carboxylic acids is 2. The monoisotopic (exact) mass is 592 g/mol. The molecule has 2 N–H and O–H groups in total. The number of amides is 2. The normalized spacial score (nSPS) is 17.9. The molecule has 0 saturated carbocycles. The number of benzene rings is 2. The first kappa shape index (κ1) is 27.0. The molecule has 2 amide bonds. The minimum atomic E-state index is -0.309. The molecule has 0 radical (unpaired) electrons. The zero-order chi connectivity index (χ0) is 27.7. The number of pyridine rings is 1. The molecule has 39 heavy (non-hydrogen) atoms. The van der Waals surface area contributed by atoms with E-state index in [0.29, 0.717) is 58.5 Å². The maximum absolute atomic E-state index is 13.5. The van der Waals surface area contributed by atoms with Crippen molar-refractivity contribution in [3.8, 4) is 5.75 Å². The summed E-state index contributed by atoms with van der Waals surface area (Å²) in [5.41, 5.74) is 3.43. The minimum absolute atomic E-state index is 0.0456. The van der Waals surface area contributed by atoms with Gasteiger partial charge in [-0.3, -0.25) is 14.4 Å². The molecule has 5 rings (SSSR count). The van der Waals surface area contributed by atoms with E-state index in [1.807, 2.05) is 42.7 Å². The second kappa shape index (κ2) is 11.3. The third-order valence-corrected chi connectivity index (χ3v) is 8.11. The number of nitrogens with one attached hydrogen (secondary N) is 2. The summed E-state index contributed by atoms with van der Waals surface area (Å²) in [5.74, 6) is 0.912. The number of halogens is 1. The van der Waals surface area contributed by atoms with E-state index in [1.54, 1.807) is 37.4 Å². The number of hydrogen-bond acceptors (Lipinski definition) is 5. The first-order valence-electron chi connectivity index (χ1n) is 13.2. The Kier molecular flexibility index (Phi) is 7.79. The van der Waals surface area contributed by atoms with Crippen LogP contribution in [0.3, 0.4) is 0 Å². The van der Waals surface area contributed by atoms with Crippen molar-refractivity contribution in [1.82, 2.24) is 9.88 Å². The molecule has 0 spiro atoms. The Morgan fingerprint density at radius 1 is 1.05 bits per heavy atom. The Bertz CT molecular complexity index is 1470. The van der Waals surface area contributed by atoms with Crippen LogP contribution in [-0.4, -0.2) is 43.1 Å². The molecule has 3 aromatic rings. The Morgan fingerprint density at radius 2 is 1.87 bits per heavy atom. The van der Waals surface area contributed by atoms with Crippen LogP contribution in [0.15, 0.2) is 63.9 Å². The molecule has 1 fully saturated rings. The largest absolute Gasteiger partial charge is 0.497 e. The lowest BCUT2D eigenvalue weighted by molar-refractivity contribution is 0.0947. The van der Waals surface area contributed by atoms with E-state index in [4.69, 9.17) is 4.74 Å². The fourth-order valence-electron chi connectivity index (χ4n) is 5.54. The van der Waals surface area contributed by atoms with Crippen molar-refractivity contribution < 1.29 is 14.3 Å². The van der Waals surface area contributed by atoms with Gasteiger partial charge in [0.05, 0.1) is 24.0 Å². The highest BCUT2D eigenvalue weighted by Crippen LogP contribution is 2.39. The summed E-state index contributed by atoms with van der Waals surface area (Å²) < 4.78 is 7.86. The van der Waals surface area contributed by atoms with Gasteiger partial charge in [-0.15, -0.1) is 0 Å². The zero-order valence-electron chi connectivity index (χ0n) is 22.4. The molecule has 1 aromatic heterocycles. The van der Waals surface area contributed by atoms with Crippen LogP contribution in [0.4, 0.5) is 11.4 Å². The number of aromatic nitrogens is 1. The quantitative estimate of drug-likeness (QED) is 0.408. The van der Waals surface area contributed by atoms with E-state index in [-0.39, 0.29) is 23.3 Å². The second-order valence-electron chi connectivity index (χ2n) is 10.7. The van der Waals surface area contributed by atoms with Gasteiger partial charge in [-0.1, -0.05) is 19.9 Å². The number of ether oxygens (including phenoxy) is 1. The van der Waals surface area contributed by atoms with Gasteiger partial charge in [0.15, 0.2) is 0 Å². The number of fused-ring (bicyclic) bond motifs is 4. The predicted octanol–water partition coefficient (Wildman–Crippen LogP) is 4.88. The number of methoxy groups -OCH3 is 1. The molecule has 2 aliphatic rings. The number of rotatable bonds is 7. The van der Waals surface area contributed by atoms with Crippen LogP contribution in [0, 0.1) is 11.8 Å². The topological polar surface area (TPSA) is 92.7 Å². The van der Waals surface area contributed by atoms with Crippen molar-refractivity contribution >= 4 is 39.1 Å². The number of piperidine rings is 1. The van der Waals surface area contributed by atoms with Gasteiger partial charge in [0.1, 0.15) is 5.75 Å². The maximum Gasteiger partial charge on any atom is 0.257 e. The smallest absolute Gasteiger partial charge is 0.257 e. The third kappa shape index (κ3) is 5.73. The van der Waals surface area contributed by atoms with Gasteiger partial charge in [0, 0.05) is 53.9 Å². The average molecular weight is 594 g/mol. The van der Waals surface area contributed by atoms with Crippen molar-refractivity contribution in [3.05, 3.63) is 86.2 Å². The predicted molar refractivity (Wildman–Crippen MR) is 156 cm³/mol. The molecule has 3 heterocycles. The van der Waals surface area contributed by atoms with Crippen LogP contribution < -0.4 is 25.8 Å². The number of hydrogen-bond donors (Lipinski definition) is 2. The second-order valence-corrected chi connectivity index (χ2v) is 11.6. The van der Waals surface area contributed by atoms with E-state index >= 15 is 0 Å². The van der Waals surface area contributed by atoms with Gasteiger partial charge in [-0.2, -0.15) is 0 Å². The summed E-state index contributed by atoms with van der Waals surface area (Å²) in [6.07, 6.45) is 1.02. The molecule has 2 aromatic carbocycles. The van der Waals surface area contributed by atoms with Crippen molar-refractivity contribution in [2.24, 2.45) is 11.8 Å². The number of carbonyl (C=O) groups is 2. The summed E-state index contributed by atoms with van der Waals surface area (Å²) in [7, 11) is 1.56. The number of anilines is 2. The van der Waals surface area contributed by atoms with E-state index in [1.165, 1.54) is 0 Å². The van der Waals surface area contributed by atoms with Crippen molar-refractivity contribution in [2.75, 3.05) is 37.0 Å². The standard InChI is InChI=1S/C30H33BrN4O4/c1-18(2)14-32-29(37)20-7-10-27(25(12-20)33-30(38)23-13-22(39-3)8-9-24(23)31)34-15-19-11-21(17-34)26-5-4-6-28(36)35(26)16-19/h4-10,12-13,18-19,21H,11,14-17H2,1-3H3,(H,32,37)(H,33,38)/t19-,21+/m1/s1. The van der Waals surface area contributed by atoms with E-state index in [0.717, 1.165) is 24.3 Å². The van der Waals surface area contributed by atoms with Crippen LogP contribution in [0.5, 0.6) is 5.75 Å². The molecule has 1 saturated heterocycles. The van der Waals surface area contributed by atoms with Crippen LogP contribution in [0.25, 0.3) is 0 Å². The molecule has 8 nitrogen and oxygen atoms in total. The third-order valence-electron chi connectivity index (χ3n) is 7.42. The highest BCUT2D eigenvalue weighted by Gasteiger charge is 2.35. The van der Waals surface area contributed by atoms with Gasteiger partial charge >= 0.3 is 0 Å². The zero-order valence-corrected chi connectivity index (χ0v) is 24.0. The lowest BCUT2D eigenvalue weighted by atomic mass is 9.83. The summed E-state index contributed by atoms with van der Waals surface area (Å²) >= 11 is 3.48. The van der Waals surface area contributed by atoms with Crippen LogP contribution in [0.1, 0.15) is 52.6 Å². The summed E-state index contributed by atoms with van der Waals surface area (Å²) in [4.78, 5) is 41.1. The first-order valence-corrected chi connectivity index (χ1v) is 14.0. The molecule has 9 heteroatoms. The van der Waals surface area contributed by atoms with Crippen molar-refractivity contribution in [2.45, 2.75) is 32.7 Å². The molecule has 2 atom stereocenters. The highest BCUT2D eigenvalue weighted by molar-refractivity contribution is 9.10. The van der Waals surface area contributed by atoms with E-state index < -0.39 is 0 Å². The Labute approximate surface area is 236 Å². The fraction of sp³-hybridized carbons (Fsp3) is 0.367. The van der Waals surface area contributed by atoms with E-state index in [2.05, 4.69) is 31.5 Å². The van der Waals surface area contributed by atoms with E-state index in [9.17, 15) is 14.4 Å². The average Bonchev–Trinajstić information content (AvgIpc) is 2.92. The Balaban J connectivity index is 1.49. The molecule has 0 aliphatic carbocycles. The molecule has 0 unspecified atom stereocenters. The van der Waals surface area contributed by atoms with Gasteiger partial charge in [-0.05, 0) is 76.7 Å². The first-order chi connectivity index (χ1) is 18.7. The molecular formula is C30H33BrN4O4. The number of nitrogens with zero attached hydrogens (tertiary/aromatic N) is 2. The molecule has 2 bridgehead atoms. The van der Waals surface area contributed by atoms with Crippen molar-refractivity contribution in [1.29, 1.82) is 0 Å². The van der Waals surface area contributed by atoms with Gasteiger partial charge in [0.2, 0.25) is 0 Å². The minimum Gasteiger partial charge on any atom is -0.497 e. The molecular weight excluding hydrogens is 560 g/mol.